The number of hydrogen-bond acceptors (Lipinski definition) is 4. The van der Waals surface area contributed by atoms with Crippen molar-refractivity contribution in [2.75, 3.05) is 0 Å². The molecule has 0 aliphatic rings. The highest BCUT2D eigenvalue weighted by Crippen LogP contribution is 2.13. The molecular weight excluding hydrogens is 218 g/mol. The predicted octanol–water partition coefficient (Wildman–Crippen LogP) is 0.360. The van der Waals surface area contributed by atoms with Crippen LogP contribution in [0.3, 0.4) is 0 Å². The van der Waals surface area contributed by atoms with Gasteiger partial charge in [-0.2, -0.15) is 0 Å². The number of aliphatic carboxylic acids is 1. The van der Waals surface area contributed by atoms with Gasteiger partial charge in [-0.05, 0) is 6.42 Å². The molecule has 0 amide bonds. The van der Waals surface area contributed by atoms with Crippen LogP contribution in [0.25, 0.3) is 0 Å². The van der Waals surface area contributed by atoms with Crippen LogP contribution in [0.5, 0.6) is 5.88 Å². The lowest BCUT2D eigenvalue weighted by Gasteiger charge is -2.09. The van der Waals surface area contributed by atoms with E-state index >= 15 is 0 Å². The number of carboxylic acid groups (broad SMARTS) is 2. The number of carbonyl (C=O) groups is 2. The number of rotatable bonds is 5. The van der Waals surface area contributed by atoms with Crippen LogP contribution >= 0.6 is 0 Å². The van der Waals surface area contributed by atoms with Crippen molar-refractivity contribution in [3.8, 4) is 5.88 Å². The zero-order valence-corrected chi connectivity index (χ0v) is 8.88. The Morgan fingerprint density at radius 2 is 2.38 bits per heavy atom. The van der Waals surface area contributed by atoms with E-state index in [4.69, 9.17) is 14.9 Å². The number of hydrogen-bond donors (Lipinski definition) is 2. The van der Waals surface area contributed by atoms with Crippen LogP contribution in [0, 0.1) is 0 Å². The van der Waals surface area contributed by atoms with Gasteiger partial charge in [0.2, 0.25) is 5.88 Å². The van der Waals surface area contributed by atoms with Crippen molar-refractivity contribution in [3.63, 3.8) is 0 Å². The molecule has 0 bridgehead atoms. The van der Waals surface area contributed by atoms with E-state index in [1.807, 2.05) is 0 Å². The van der Waals surface area contributed by atoms with E-state index in [1.54, 1.807) is 6.92 Å². The lowest BCUT2D eigenvalue weighted by molar-refractivity contribution is -0.145. The number of nitrogens with zero attached hydrogens (tertiary/aromatic N) is 2. The van der Waals surface area contributed by atoms with E-state index in [-0.39, 0.29) is 18.0 Å². The molecule has 1 unspecified atom stereocenters. The molecule has 1 atom stereocenters. The average molecular weight is 230 g/mol. The quantitative estimate of drug-likeness (QED) is 0.757. The molecule has 2 N–H and O–H groups in total. The molecule has 0 saturated heterocycles. The molecule has 7 nitrogen and oxygen atoms in total. The number of aromatic nitrogens is 2. The minimum absolute atomic E-state index is 0.00542. The lowest BCUT2D eigenvalue weighted by atomic mass is 10.3. The normalized spacial score (nSPS) is 12.1. The van der Waals surface area contributed by atoms with Gasteiger partial charge in [-0.15, -0.1) is 5.10 Å². The zero-order chi connectivity index (χ0) is 12.3. The molecule has 0 spiro atoms. The molecular formula is C9H12N2O5. The van der Waals surface area contributed by atoms with Gasteiger partial charge in [-0.1, -0.05) is 6.92 Å². The highest BCUT2D eigenvalue weighted by molar-refractivity contribution is 5.86. The van der Waals surface area contributed by atoms with Gasteiger partial charge in [0.25, 0.3) is 0 Å². The van der Waals surface area contributed by atoms with Crippen LogP contribution in [-0.2, 0) is 11.8 Å². The van der Waals surface area contributed by atoms with Gasteiger partial charge >= 0.3 is 11.9 Å². The maximum Gasteiger partial charge on any atom is 0.354 e. The van der Waals surface area contributed by atoms with E-state index in [1.165, 1.54) is 13.1 Å². The molecule has 7 heteroatoms. The summed E-state index contributed by atoms with van der Waals surface area (Å²) in [5.41, 5.74) is -0.0600. The van der Waals surface area contributed by atoms with Crippen LogP contribution in [0.1, 0.15) is 23.8 Å². The first kappa shape index (κ1) is 12.0. The Morgan fingerprint density at radius 1 is 1.75 bits per heavy atom. The molecule has 88 valence electrons. The maximum absolute atomic E-state index is 10.7. The second kappa shape index (κ2) is 4.65. The Labute approximate surface area is 91.3 Å². The van der Waals surface area contributed by atoms with Crippen LogP contribution in [0.15, 0.2) is 6.07 Å². The molecule has 0 aliphatic heterocycles. The fourth-order valence-electron chi connectivity index (χ4n) is 1.15. The SMILES string of the molecule is CCC(Oc1cc([14C](=O)O)n(C)n1)C(=O)O. The van der Waals surface area contributed by atoms with Gasteiger partial charge in [-0.25, -0.2) is 9.59 Å². The second-order valence-corrected chi connectivity index (χ2v) is 3.15. The summed E-state index contributed by atoms with van der Waals surface area (Å²) < 4.78 is 6.16. The third kappa shape index (κ3) is 2.50. The third-order valence-corrected chi connectivity index (χ3v) is 1.99. The Kier molecular flexibility index (Phi) is 3.49. The third-order valence-electron chi connectivity index (χ3n) is 1.99. The molecule has 0 fully saturated rings. The summed E-state index contributed by atoms with van der Waals surface area (Å²) in [7, 11) is 1.44. The maximum atomic E-state index is 10.7. The smallest absolute Gasteiger partial charge is 0.354 e. The monoisotopic (exact) mass is 230 g/mol. The Balaban J connectivity index is 2.86. The molecule has 1 rings (SSSR count). The van der Waals surface area contributed by atoms with Crippen molar-refractivity contribution >= 4 is 11.9 Å². The summed E-state index contributed by atoms with van der Waals surface area (Å²) in [6, 6.07) is 1.19. The summed E-state index contributed by atoms with van der Waals surface area (Å²) >= 11 is 0. The predicted molar refractivity (Wildman–Crippen MR) is 52.5 cm³/mol. The Hall–Kier alpha value is -2.05. The summed E-state index contributed by atoms with van der Waals surface area (Å²) in [4.78, 5) is 21.4. The highest BCUT2D eigenvalue weighted by Gasteiger charge is 2.20. The van der Waals surface area contributed by atoms with Crippen molar-refractivity contribution in [3.05, 3.63) is 11.8 Å². The van der Waals surface area contributed by atoms with Gasteiger partial charge < -0.3 is 14.9 Å². The average Bonchev–Trinajstić information content (AvgIpc) is 2.55. The van der Waals surface area contributed by atoms with E-state index < -0.39 is 18.0 Å². The minimum atomic E-state index is -1.15. The van der Waals surface area contributed by atoms with Crippen molar-refractivity contribution in [1.82, 2.24) is 9.78 Å². The molecule has 16 heavy (non-hydrogen) atoms. The van der Waals surface area contributed by atoms with E-state index in [0.29, 0.717) is 0 Å². The van der Waals surface area contributed by atoms with Crippen molar-refractivity contribution in [2.45, 2.75) is 19.4 Å². The number of aryl methyl sites for hydroxylation is 1. The van der Waals surface area contributed by atoms with Crippen molar-refractivity contribution in [1.29, 1.82) is 0 Å². The Morgan fingerprint density at radius 3 is 2.75 bits per heavy atom. The number of aromatic carboxylic acids is 1. The van der Waals surface area contributed by atoms with Gasteiger partial charge in [0.15, 0.2) is 6.10 Å². The zero-order valence-electron chi connectivity index (χ0n) is 8.88. The van der Waals surface area contributed by atoms with Crippen LogP contribution < -0.4 is 4.74 Å². The van der Waals surface area contributed by atoms with Crippen LogP contribution in [0.4, 0.5) is 0 Å². The van der Waals surface area contributed by atoms with Crippen LogP contribution in [-0.4, -0.2) is 38.0 Å². The first-order valence-electron chi connectivity index (χ1n) is 4.62. The summed E-state index contributed by atoms with van der Waals surface area (Å²) in [6.45, 7) is 1.65. The van der Waals surface area contributed by atoms with Crippen LogP contribution in [0.2, 0.25) is 0 Å². The number of ether oxygens (including phenoxy) is 1. The Bertz CT molecular complexity index is 412. The van der Waals surface area contributed by atoms with Gasteiger partial charge in [0.05, 0.1) is 0 Å². The van der Waals surface area contributed by atoms with Gasteiger partial charge in [0, 0.05) is 13.1 Å². The topological polar surface area (TPSA) is 102 Å². The molecule has 1 aromatic heterocycles. The molecule has 0 radical (unpaired) electrons. The van der Waals surface area contributed by atoms with E-state index in [0.717, 1.165) is 4.68 Å². The summed E-state index contributed by atoms with van der Waals surface area (Å²) in [6.07, 6.45) is -0.745. The number of carboxylic acids is 2. The molecule has 0 aliphatic carbocycles. The molecule has 0 saturated carbocycles. The fraction of sp³-hybridized carbons (Fsp3) is 0.444. The van der Waals surface area contributed by atoms with Crippen molar-refractivity contribution < 1.29 is 24.5 Å². The summed E-state index contributed by atoms with van der Waals surface area (Å²) in [5, 5.41) is 21.2. The molecule has 0 aromatic carbocycles. The lowest BCUT2D eigenvalue weighted by Crippen LogP contribution is -2.26. The first-order valence-corrected chi connectivity index (χ1v) is 4.62. The summed E-state index contributed by atoms with van der Waals surface area (Å²) in [5.74, 6) is -2.26. The van der Waals surface area contributed by atoms with E-state index in [2.05, 4.69) is 5.10 Å². The van der Waals surface area contributed by atoms with E-state index in [9.17, 15) is 9.59 Å². The van der Waals surface area contributed by atoms with Gasteiger partial charge in [0.1, 0.15) is 5.69 Å². The fourth-order valence-corrected chi connectivity index (χ4v) is 1.15. The second-order valence-electron chi connectivity index (χ2n) is 3.15. The molecule has 1 heterocycles. The highest BCUT2D eigenvalue weighted by atomic mass is 16.6. The van der Waals surface area contributed by atoms with Gasteiger partial charge in [-0.3, -0.25) is 4.68 Å². The van der Waals surface area contributed by atoms with Crippen molar-refractivity contribution in [2.24, 2.45) is 7.05 Å². The minimum Gasteiger partial charge on any atom is -0.479 e. The standard InChI is InChI=1S/C9H12N2O5/c1-3-6(9(14)15)16-7-4-5(8(12)13)11(2)10-7/h4,6H,3H2,1-2H3,(H,12,13)(H,14,15)/i8+2. The molecule has 1 aromatic rings. The largest absolute Gasteiger partial charge is 0.479 e. The first-order chi connectivity index (χ1) is 7.45.